The first kappa shape index (κ1) is 14.0. The van der Waals surface area contributed by atoms with Crippen molar-refractivity contribution in [1.82, 2.24) is 10.3 Å². The van der Waals surface area contributed by atoms with E-state index in [0.717, 1.165) is 5.69 Å². The van der Waals surface area contributed by atoms with Gasteiger partial charge in [-0.15, -0.1) is 11.6 Å². The number of carbonyl (C=O) groups is 1. The second-order valence-corrected chi connectivity index (χ2v) is 5.32. The number of hydrogen-bond acceptors (Lipinski definition) is 3. The molecule has 1 aromatic heterocycles. The number of alkyl halides is 1. The van der Waals surface area contributed by atoms with Crippen LogP contribution in [0.25, 0.3) is 0 Å². The number of hydrogen-bond donors (Lipinski definition) is 1. The van der Waals surface area contributed by atoms with Crippen LogP contribution >= 0.6 is 11.6 Å². The van der Waals surface area contributed by atoms with E-state index in [1.807, 2.05) is 0 Å². The van der Waals surface area contributed by atoms with E-state index >= 15 is 0 Å². The van der Waals surface area contributed by atoms with Crippen LogP contribution in [0.15, 0.2) is 10.7 Å². The Morgan fingerprint density at radius 2 is 2.24 bits per heavy atom. The summed E-state index contributed by atoms with van der Waals surface area (Å²) in [5, 5.41) is 2.74. The number of nitrogens with one attached hydrogen (secondary N) is 1. The molecule has 0 saturated carbocycles. The molecule has 1 aromatic rings. The normalized spacial score (nSPS) is 11.5. The lowest BCUT2D eigenvalue weighted by Gasteiger charge is -2.12. The highest BCUT2D eigenvalue weighted by molar-refractivity contribution is 6.17. The molecule has 1 amide bonds. The minimum atomic E-state index is -0.0373. The molecule has 0 aliphatic heterocycles. The Kier molecular flexibility index (Phi) is 5.00. The second kappa shape index (κ2) is 6.05. The summed E-state index contributed by atoms with van der Waals surface area (Å²) in [4.78, 5) is 15.7. The van der Waals surface area contributed by atoms with Gasteiger partial charge in [-0.3, -0.25) is 4.79 Å². The standard InChI is InChI=1S/C12H19ClN2O2/c1-12(2,3)9-8-17-11(15-9)7-14-10(16)5-4-6-13/h8H,4-7H2,1-3H3,(H,14,16). The predicted molar refractivity (Wildman–Crippen MR) is 67.0 cm³/mol. The zero-order chi connectivity index (χ0) is 12.9. The Bertz CT molecular complexity index is 369. The van der Waals surface area contributed by atoms with Crippen LogP contribution in [-0.4, -0.2) is 16.8 Å². The summed E-state index contributed by atoms with van der Waals surface area (Å²) < 4.78 is 5.29. The Balaban J connectivity index is 2.42. The van der Waals surface area contributed by atoms with Crippen LogP contribution in [0.2, 0.25) is 0 Å². The van der Waals surface area contributed by atoms with Gasteiger partial charge in [0, 0.05) is 17.7 Å². The van der Waals surface area contributed by atoms with E-state index in [4.69, 9.17) is 16.0 Å². The average molecular weight is 259 g/mol. The van der Waals surface area contributed by atoms with Crippen LogP contribution in [0.5, 0.6) is 0 Å². The Morgan fingerprint density at radius 3 is 2.76 bits per heavy atom. The number of carbonyl (C=O) groups excluding carboxylic acids is 1. The van der Waals surface area contributed by atoms with Crippen LogP contribution in [0.1, 0.15) is 45.2 Å². The molecule has 0 radical (unpaired) electrons. The molecule has 17 heavy (non-hydrogen) atoms. The molecule has 1 N–H and O–H groups in total. The van der Waals surface area contributed by atoms with Crippen LogP contribution in [0.4, 0.5) is 0 Å². The molecule has 0 bridgehead atoms. The lowest BCUT2D eigenvalue weighted by Crippen LogP contribution is -2.22. The molecule has 0 fully saturated rings. The first-order valence-corrected chi connectivity index (χ1v) is 6.24. The summed E-state index contributed by atoms with van der Waals surface area (Å²) in [5.74, 6) is 1.01. The molecule has 96 valence electrons. The minimum absolute atomic E-state index is 0.0267. The van der Waals surface area contributed by atoms with Crippen LogP contribution in [0, 0.1) is 0 Å². The summed E-state index contributed by atoms with van der Waals surface area (Å²) >= 11 is 5.51. The summed E-state index contributed by atoms with van der Waals surface area (Å²) in [6.07, 6.45) is 2.77. The molecule has 0 spiro atoms. The van der Waals surface area contributed by atoms with Gasteiger partial charge in [-0.25, -0.2) is 4.98 Å². The molecule has 0 atom stereocenters. The fourth-order valence-electron chi connectivity index (χ4n) is 1.23. The number of amides is 1. The molecule has 0 aliphatic carbocycles. The largest absolute Gasteiger partial charge is 0.447 e. The maximum atomic E-state index is 11.3. The van der Waals surface area contributed by atoms with Gasteiger partial charge in [-0.05, 0) is 6.42 Å². The van der Waals surface area contributed by atoms with E-state index < -0.39 is 0 Å². The molecule has 0 aliphatic rings. The topological polar surface area (TPSA) is 55.1 Å². The zero-order valence-corrected chi connectivity index (χ0v) is 11.3. The summed E-state index contributed by atoms with van der Waals surface area (Å²) in [6, 6.07) is 0. The van der Waals surface area contributed by atoms with Crippen LogP contribution < -0.4 is 5.32 Å². The Labute approximate surface area is 107 Å². The first-order chi connectivity index (χ1) is 7.93. The summed E-state index contributed by atoms with van der Waals surface area (Å²) in [5.41, 5.74) is 0.854. The molecular formula is C12H19ClN2O2. The third-order valence-electron chi connectivity index (χ3n) is 2.29. The van der Waals surface area contributed by atoms with Crippen molar-refractivity contribution in [3.05, 3.63) is 17.8 Å². The molecular weight excluding hydrogens is 240 g/mol. The van der Waals surface area contributed by atoms with E-state index in [9.17, 15) is 4.79 Å². The highest BCUT2D eigenvalue weighted by Gasteiger charge is 2.18. The van der Waals surface area contributed by atoms with E-state index in [1.165, 1.54) is 0 Å². The van der Waals surface area contributed by atoms with Crippen molar-refractivity contribution >= 4 is 17.5 Å². The van der Waals surface area contributed by atoms with Crippen molar-refractivity contribution in [3.8, 4) is 0 Å². The highest BCUT2D eigenvalue weighted by atomic mass is 35.5. The van der Waals surface area contributed by atoms with Gasteiger partial charge in [-0.2, -0.15) is 0 Å². The van der Waals surface area contributed by atoms with Gasteiger partial charge in [0.15, 0.2) is 0 Å². The molecule has 4 nitrogen and oxygen atoms in total. The van der Waals surface area contributed by atoms with Crippen molar-refractivity contribution in [2.45, 2.75) is 45.6 Å². The van der Waals surface area contributed by atoms with Crippen molar-refractivity contribution in [1.29, 1.82) is 0 Å². The van der Waals surface area contributed by atoms with Gasteiger partial charge in [0.05, 0.1) is 12.2 Å². The van der Waals surface area contributed by atoms with Crippen molar-refractivity contribution in [2.75, 3.05) is 5.88 Å². The number of halogens is 1. The van der Waals surface area contributed by atoms with Crippen molar-refractivity contribution < 1.29 is 9.21 Å². The predicted octanol–water partition coefficient (Wildman–Crippen LogP) is 2.61. The third-order valence-corrected chi connectivity index (χ3v) is 2.56. The SMILES string of the molecule is CC(C)(C)c1coc(CNC(=O)CCCCl)n1. The van der Waals surface area contributed by atoms with Gasteiger partial charge in [0.1, 0.15) is 6.26 Å². The highest BCUT2D eigenvalue weighted by Crippen LogP contribution is 2.20. The Hall–Kier alpha value is -1.03. The smallest absolute Gasteiger partial charge is 0.220 e. The quantitative estimate of drug-likeness (QED) is 0.826. The van der Waals surface area contributed by atoms with Gasteiger partial charge in [0.2, 0.25) is 11.8 Å². The lowest BCUT2D eigenvalue weighted by molar-refractivity contribution is -0.121. The second-order valence-electron chi connectivity index (χ2n) is 4.95. The number of rotatable bonds is 5. The maximum absolute atomic E-state index is 11.3. The summed E-state index contributed by atoms with van der Waals surface area (Å²) in [6.45, 7) is 6.52. The molecule has 1 rings (SSSR count). The van der Waals surface area contributed by atoms with E-state index in [0.29, 0.717) is 31.2 Å². The van der Waals surface area contributed by atoms with Gasteiger partial charge >= 0.3 is 0 Å². The van der Waals surface area contributed by atoms with E-state index in [2.05, 4.69) is 31.1 Å². The molecule has 5 heteroatoms. The lowest BCUT2D eigenvalue weighted by atomic mass is 9.93. The van der Waals surface area contributed by atoms with Gasteiger partial charge in [0.25, 0.3) is 0 Å². The van der Waals surface area contributed by atoms with Crippen molar-refractivity contribution in [2.24, 2.45) is 0 Å². The maximum Gasteiger partial charge on any atom is 0.220 e. The Morgan fingerprint density at radius 1 is 1.53 bits per heavy atom. The number of aromatic nitrogens is 1. The average Bonchev–Trinajstić information content (AvgIpc) is 2.71. The first-order valence-electron chi connectivity index (χ1n) is 5.71. The van der Waals surface area contributed by atoms with E-state index in [-0.39, 0.29) is 11.3 Å². The van der Waals surface area contributed by atoms with E-state index in [1.54, 1.807) is 6.26 Å². The number of nitrogens with zero attached hydrogens (tertiary/aromatic N) is 1. The number of oxazole rings is 1. The zero-order valence-electron chi connectivity index (χ0n) is 10.5. The van der Waals surface area contributed by atoms with Gasteiger partial charge < -0.3 is 9.73 Å². The molecule has 1 heterocycles. The van der Waals surface area contributed by atoms with Crippen molar-refractivity contribution in [3.63, 3.8) is 0 Å². The molecule has 0 aromatic carbocycles. The fourth-order valence-corrected chi connectivity index (χ4v) is 1.36. The monoisotopic (exact) mass is 258 g/mol. The molecule has 0 unspecified atom stereocenters. The fraction of sp³-hybridized carbons (Fsp3) is 0.667. The minimum Gasteiger partial charge on any atom is -0.447 e. The van der Waals surface area contributed by atoms with Gasteiger partial charge in [-0.1, -0.05) is 20.8 Å². The van der Waals surface area contributed by atoms with Crippen LogP contribution in [-0.2, 0) is 16.8 Å². The third kappa shape index (κ3) is 4.77. The summed E-state index contributed by atoms with van der Waals surface area (Å²) in [7, 11) is 0. The van der Waals surface area contributed by atoms with Crippen LogP contribution in [0.3, 0.4) is 0 Å². The molecule has 0 saturated heterocycles.